The molecule has 1 aromatic carbocycles. The number of fused-ring (bicyclic) bond motifs is 2. The number of tetrazole rings is 1. The average molecular weight is 324 g/mol. The summed E-state index contributed by atoms with van der Waals surface area (Å²) in [5, 5.41) is 26.6. The van der Waals surface area contributed by atoms with Crippen LogP contribution in [0.5, 0.6) is 0 Å². The van der Waals surface area contributed by atoms with Gasteiger partial charge < -0.3 is 5.32 Å². The number of rotatable bonds is 3. The van der Waals surface area contributed by atoms with E-state index < -0.39 is 11.0 Å². The Morgan fingerprint density at radius 1 is 1.33 bits per heavy atom. The summed E-state index contributed by atoms with van der Waals surface area (Å²) >= 11 is 0. The molecule has 9 heteroatoms. The Hall–Kier alpha value is -3.36. The van der Waals surface area contributed by atoms with Crippen molar-refractivity contribution in [3.8, 4) is 0 Å². The van der Waals surface area contributed by atoms with Crippen molar-refractivity contribution in [3.05, 3.63) is 64.1 Å². The minimum atomic E-state index is -0.571. The summed E-state index contributed by atoms with van der Waals surface area (Å²) in [6.45, 7) is 0. The zero-order valence-corrected chi connectivity index (χ0v) is 12.8. The lowest BCUT2D eigenvalue weighted by molar-refractivity contribution is -0.653. The van der Waals surface area contributed by atoms with Gasteiger partial charge in [-0.1, -0.05) is 17.2 Å². The third-order valence-electron chi connectivity index (χ3n) is 4.28. The molecule has 24 heavy (non-hydrogen) atoms. The second-order valence-electron chi connectivity index (χ2n) is 5.58. The molecular formula is C15H14N7O2+. The van der Waals surface area contributed by atoms with Crippen molar-refractivity contribution >= 4 is 16.9 Å². The lowest BCUT2D eigenvalue weighted by Gasteiger charge is -2.18. The molecular weight excluding hydrogens is 310 g/mol. The van der Waals surface area contributed by atoms with Gasteiger partial charge in [-0.25, -0.2) is 0 Å². The van der Waals surface area contributed by atoms with E-state index in [1.54, 1.807) is 0 Å². The maximum Gasteiger partial charge on any atom is 0.287 e. The fourth-order valence-electron chi connectivity index (χ4n) is 3.01. The summed E-state index contributed by atoms with van der Waals surface area (Å²) < 4.78 is 3.49. The maximum atomic E-state index is 11.4. The predicted molar refractivity (Wildman–Crippen MR) is 84.4 cm³/mol. The summed E-state index contributed by atoms with van der Waals surface area (Å²) in [7, 11) is 1.95. The van der Waals surface area contributed by atoms with E-state index in [2.05, 4.69) is 20.8 Å². The Labute approximate surface area is 136 Å². The number of nitro groups is 1. The first-order chi connectivity index (χ1) is 11.6. The summed E-state index contributed by atoms with van der Waals surface area (Å²) in [4.78, 5) is 11.0. The number of aryl methyl sites for hydroxylation is 1. The van der Waals surface area contributed by atoms with Crippen molar-refractivity contribution in [2.45, 2.75) is 12.5 Å². The van der Waals surface area contributed by atoms with Gasteiger partial charge in [0.25, 0.3) is 5.70 Å². The van der Waals surface area contributed by atoms with Crippen LogP contribution in [-0.4, -0.2) is 25.1 Å². The smallest absolute Gasteiger partial charge is 0.287 e. The molecule has 0 amide bonds. The molecule has 2 aromatic heterocycles. The van der Waals surface area contributed by atoms with Crippen LogP contribution in [0, 0.1) is 10.1 Å². The minimum Gasteiger partial charge on any atom is -0.324 e. The van der Waals surface area contributed by atoms with E-state index in [9.17, 15) is 10.1 Å². The van der Waals surface area contributed by atoms with Gasteiger partial charge in [0.1, 0.15) is 7.05 Å². The number of hydrogen-bond acceptors (Lipinski definition) is 6. The van der Waals surface area contributed by atoms with Crippen LogP contribution in [0.15, 0.2) is 48.3 Å². The molecule has 3 heterocycles. The first-order valence-electron chi connectivity index (χ1n) is 7.40. The van der Waals surface area contributed by atoms with E-state index in [1.807, 2.05) is 48.0 Å². The molecule has 1 atom stereocenters. The van der Waals surface area contributed by atoms with Crippen molar-refractivity contribution < 1.29 is 9.49 Å². The van der Waals surface area contributed by atoms with Crippen molar-refractivity contribution in [1.29, 1.82) is 0 Å². The van der Waals surface area contributed by atoms with Gasteiger partial charge in [-0.05, 0) is 22.6 Å². The molecule has 0 saturated carbocycles. The average Bonchev–Trinajstić information content (AvgIpc) is 3.06. The molecule has 4 rings (SSSR count). The highest BCUT2D eigenvalue weighted by Gasteiger charge is 2.35. The predicted octanol–water partition coefficient (Wildman–Crippen LogP) is 0.978. The van der Waals surface area contributed by atoms with Crippen LogP contribution in [0.2, 0.25) is 0 Å². The van der Waals surface area contributed by atoms with E-state index >= 15 is 0 Å². The van der Waals surface area contributed by atoms with Gasteiger partial charge in [-0.2, -0.15) is 9.25 Å². The van der Waals surface area contributed by atoms with Crippen LogP contribution in [0.25, 0.3) is 10.9 Å². The number of nitrogens with zero attached hydrogens (tertiary/aromatic N) is 6. The Bertz CT molecular complexity index is 979. The highest BCUT2D eigenvalue weighted by molar-refractivity contribution is 5.75. The number of allylic oxidation sites excluding steroid dienone is 1. The van der Waals surface area contributed by atoms with Gasteiger partial charge in [-0.15, -0.1) is 0 Å². The van der Waals surface area contributed by atoms with Crippen LogP contribution in [-0.2, 0) is 13.5 Å². The van der Waals surface area contributed by atoms with E-state index in [0.717, 1.165) is 16.6 Å². The lowest BCUT2D eigenvalue weighted by atomic mass is 10.1. The molecule has 9 nitrogen and oxygen atoms in total. The SMILES string of the molecule is C[n+]1c(CC2C([N+](=O)[O-])=CNc3nnnn32)ccc2ccccc21. The van der Waals surface area contributed by atoms with Crippen molar-refractivity contribution in [3.63, 3.8) is 0 Å². The zero-order chi connectivity index (χ0) is 16.7. The van der Waals surface area contributed by atoms with E-state index in [4.69, 9.17) is 0 Å². The number of aromatic nitrogens is 5. The molecule has 0 radical (unpaired) electrons. The number of nitrogens with one attached hydrogen (secondary N) is 1. The van der Waals surface area contributed by atoms with E-state index in [0.29, 0.717) is 12.4 Å². The number of hydrogen-bond donors (Lipinski definition) is 1. The normalized spacial score (nSPS) is 16.4. The quantitative estimate of drug-likeness (QED) is 0.438. The second kappa shape index (κ2) is 5.37. The molecule has 0 spiro atoms. The molecule has 0 saturated heterocycles. The standard InChI is InChI=1S/C15H14N7O2/c1-20-11(7-6-10-4-2-3-5-12(10)20)8-13-14(22(23)24)9-16-15-17-18-19-21(13)15/h2-7,9,13H,8H2,1H3,(H,16,17,19)/q+1. The van der Waals surface area contributed by atoms with Gasteiger partial charge in [0, 0.05) is 17.5 Å². The maximum absolute atomic E-state index is 11.4. The Kier molecular flexibility index (Phi) is 3.19. The summed E-state index contributed by atoms with van der Waals surface area (Å²) in [6, 6.07) is 11.4. The van der Waals surface area contributed by atoms with Crippen molar-refractivity contribution in [1.82, 2.24) is 20.2 Å². The van der Waals surface area contributed by atoms with Gasteiger partial charge in [0.05, 0.1) is 17.5 Å². The highest BCUT2D eigenvalue weighted by Crippen LogP contribution is 2.27. The lowest BCUT2D eigenvalue weighted by Crippen LogP contribution is -2.37. The fraction of sp³-hybridized carbons (Fsp3) is 0.200. The number of benzene rings is 1. The van der Waals surface area contributed by atoms with Gasteiger partial charge in [0.15, 0.2) is 11.7 Å². The van der Waals surface area contributed by atoms with E-state index in [-0.39, 0.29) is 5.70 Å². The largest absolute Gasteiger partial charge is 0.324 e. The first-order valence-corrected chi connectivity index (χ1v) is 7.40. The molecule has 0 fully saturated rings. The molecule has 1 unspecified atom stereocenters. The molecule has 120 valence electrons. The topological polar surface area (TPSA) is 103 Å². The zero-order valence-electron chi connectivity index (χ0n) is 12.8. The monoisotopic (exact) mass is 324 g/mol. The van der Waals surface area contributed by atoms with Crippen LogP contribution in [0.1, 0.15) is 11.7 Å². The van der Waals surface area contributed by atoms with Crippen LogP contribution < -0.4 is 9.88 Å². The third kappa shape index (κ3) is 2.18. The summed E-state index contributed by atoms with van der Waals surface area (Å²) in [6.07, 6.45) is 1.77. The number of pyridine rings is 1. The van der Waals surface area contributed by atoms with Crippen molar-refractivity contribution in [2.75, 3.05) is 5.32 Å². The van der Waals surface area contributed by atoms with Crippen molar-refractivity contribution in [2.24, 2.45) is 7.05 Å². The third-order valence-corrected chi connectivity index (χ3v) is 4.28. The minimum absolute atomic E-state index is 0.0305. The molecule has 3 aromatic rings. The Balaban J connectivity index is 1.78. The van der Waals surface area contributed by atoms with Gasteiger partial charge in [-0.3, -0.25) is 10.1 Å². The summed E-state index contributed by atoms with van der Waals surface area (Å²) in [5.74, 6) is 0.397. The molecule has 1 aliphatic heterocycles. The molecule has 0 bridgehead atoms. The van der Waals surface area contributed by atoms with E-state index in [1.165, 1.54) is 10.9 Å². The number of para-hydroxylation sites is 1. The highest BCUT2D eigenvalue weighted by atomic mass is 16.6. The van der Waals surface area contributed by atoms with Gasteiger partial charge in [0.2, 0.25) is 11.5 Å². The van der Waals surface area contributed by atoms with Crippen LogP contribution in [0.4, 0.5) is 5.95 Å². The Morgan fingerprint density at radius 2 is 2.17 bits per heavy atom. The van der Waals surface area contributed by atoms with Gasteiger partial charge >= 0.3 is 0 Å². The fourth-order valence-corrected chi connectivity index (χ4v) is 3.01. The first kappa shape index (κ1) is 14.2. The summed E-state index contributed by atoms with van der Waals surface area (Å²) in [5.41, 5.74) is 2.05. The van der Waals surface area contributed by atoms with Crippen LogP contribution in [0.3, 0.4) is 0 Å². The van der Waals surface area contributed by atoms with Crippen LogP contribution >= 0.6 is 0 Å². The molecule has 1 N–H and O–H groups in total. The molecule has 0 aliphatic carbocycles. The molecule has 1 aliphatic rings. The Morgan fingerprint density at radius 3 is 3.00 bits per heavy atom. The second-order valence-corrected chi connectivity index (χ2v) is 5.58. The number of anilines is 1.